The minimum absolute atomic E-state index is 0.252. The van der Waals surface area contributed by atoms with Crippen LogP contribution >= 0.6 is 0 Å². The molecule has 0 saturated heterocycles. The number of aromatic nitrogens is 3. The first-order chi connectivity index (χ1) is 5.11. The van der Waals surface area contributed by atoms with E-state index in [4.69, 9.17) is 10.8 Å². The summed E-state index contributed by atoms with van der Waals surface area (Å²) in [5.74, 6) is -1.03. The molecule has 6 nitrogen and oxygen atoms in total. The lowest BCUT2D eigenvalue weighted by Crippen LogP contribution is -2.07. The summed E-state index contributed by atoms with van der Waals surface area (Å²) in [6.45, 7) is 1.69. The zero-order valence-electron chi connectivity index (χ0n) is 5.90. The monoisotopic (exact) mass is 156 g/mol. The summed E-state index contributed by atoms with van der Waals surface area (Å²) in [5, 5.41) is 14.2. The first kappa shape index (κ1) is 7.67. The number of carboxylic acid groups (broad SMARTS) is 1. The van der Waals surface area contributed by atoms with E-state index in [1.165, 1.54) is 0 Å². The number of carbonyl (C=O) groups is 1. The summed E-state index contributed by atoms with van der Waals surface area (Å²) in [6.07, 6.45) is 0. The molecule has 0 fully saturated rings. The minimum Gasteiger partial charge on any atom is -0.475 e. The molecule has 0 aliphatic heterocycles. The summed E-state index contributed by atoms with van der Waals surface area (Å²) in [6, 6.07) is -0.324. The number of nitrogens with two attached hydrogens (primary N) is 1. The van der Waals surface area contributed by atoms with Crippen molar-refractivity contribution in [3.63, 3.8) is 0 Å². The van der Waals surface area contributed by atoms with Crippen LogP contribution in [0.1, 0.15) is 29.4 Å². The summed E-state index contributed by atoms with van der Waals surface area (Å²) >= 11 is 0. The highest BCUT2D eigenvalue weighted by molar-refractivity contribution is 5.82. The number of hydrogen-bond acceptors (Lipinski definition) is 4. The SMILES string of the molecule is CC(N)c1nc(C(=O)O)n[nH]1. The van der Waals surface area contributed by atoms with Crippen LogP contribution in [0.3, 0.4) is 0 Å². The number of nitrogens with zero attached hydrogens (tertiary/aromatic N) is 2. The van der Waals surface area contributed by atoms with Crippen molar-refractivity contribution in [3.8, 4) is 0 Å². The fourth-order valence-corrected chi connectivity index (χ4v) is 0.574. The number of H-pyrrole nitrogens is 1. The van der Waals surface area contributed by atoms with E-state index >= 15 is 0 Å². The molecule has 0 radical (unpaired) electrons. The second-order valence-electron chi connectivity index (χ2n) is 2.14. The quantitative estimate of drug-likeness (QED) is 0.536. The van der Waals surface area contributed by atoms with Crippen LogP contribution in [-0.2, 0) is 0 Å². The van der Waals surface area contributed by atoms with Gasteiger partial charge in [-0.2, -0.15) is 0 Å². The Labute approximate surface area is 62.4 Å². The van der Waals surface area contributed by atoms with E-state index in [0.29, 0.717) is 5.82 Å². The third kappa shape index (κ3) is 1.53. The molecule has 1 aromatic rings. The van der Waals surface area contributed by atoms with Gasteiger partial charge >= 0.3 is 5.97 Å². The maximum Gasteiger partial charge on any atom is 0.375 e. The predicted octanol–water partition coefficient (Wildman–Crippen LogP) is -0.477. The van der Waals surface area contributed by atoms with Crippen LogP contribution in [0.2, 0.25) is 0 Å². The number of hydrogen-bond donors (Lipinski definition) is 3. The van der Waals surface area contributed by atoms with Crippen molar-refractivity contribution in [1.82, 2.24) is 15.2 Å². The van der Waals surface area contributed by atoms with Crippen molar-refractivity contribution in [2.24, 2.45) is 5.73 Å². The first-order valence-corrected chi connectivity index (χ1v) is 3.02. The number of carboxylic acids is 1. The molecular formula is C5H8N4O2. The Morgan fingerprint density at radius 2 is 2.45 bits per heavy atom. The predicted molar refractivity (Wildman–Crippen MR) is 35.9 cm³/mol. The van der Waals surface area contributed by atoms with Gasteiger partial charge in [0.1, 0.15) is 5.82 Å². The molecule has 1 aromatic heterocycles. The Morgan fingerprint density at radius 3 is 2.73 bits per heavy atom. The number of aromatic amines is 1. The highest BCUT2D eigenvalue weighted by Gasteiger charge is 2.11. The fraction of sp³-hybridized carbons (Fsp3) is 0.400. The van der Waals surface area contributed by atoms with Gasteiger partial charge in [-0.05, 0) is 6.92 Å². The number of nitrogens with one attached hydrogen (secondary N) is 1. The molecular weight excluding hydrogens is 148 g/mol. The average Bonchev–Trinajstić information content (AvgIpc) is 2.33. The Hall–Kier alpha value is -1.43. The third-order valence-electron chi connectivity index (χ3n) is 1.13. The zero-order chi connectivity index (χ0) is 8.43. The molecule has 4 N–H and O–H groups in total. The second kappa shape index (κ2) is 2.67. The van der Waals surface area contributed by atoms with Gasteiger partial charge in [-0.3, -0.25) is 5.10 Å². The maximum absolute atomic E-state index is 10.3. The van der Waals surface area contributed by atoms with Crippen molar-refractivity contribution >= 4 is 5.97 Å². The van der Waals surface area contributed by atoms with E-state index in [2.05, 4.69) is 15.2 Å². The minimum atomic E-state index is -1.16. The molecule has 0 aliphatic carbocycles. The summed E-state index contributed by atoms with van der Waals surface area (Å²) in [5.41, 5.74) is 5.40. The molecule has 0 aliphatic rings. The Bertz CT molecular complexity index is 267. The van der Waals surface area contributed by atoms with Gasteiger partial charge in [-0.1, -0.05) is 0 Å². The largest absolute Gasteiger partial charge is 0.475 e. The maximum atomic E-state index is 10.3. The van der Waals surface area contributed by atoms with Gasteiger partial charge in [-0.15, -0.1) is 5.10 Å². The van der Waals surface area contributed by atoms with Crippen LogP contribution in [0.15, 0.2) is 0 Å². The summed E-state index contributed by atoms with van der Waals surface area (Å²) in [7, 11) is 0. The molecule has 1 atom stereocenters. The lowest BCUT2D eigenvalue weighted by atomic mass is 10.3. The number of rotatable bonds is 2. The Morgan fingerprint density at radius 1 is 1.82 bits per heavy atom. The second-order valence-corrected chi connectivity index (χ2v) is 2.14. The fourth-order valence-electron chi connectivity index (χ4n) is 0.574. The molecule has 60 valence electrons. The van der Waals surface area contributed by atoms with E-state index in [9.17, 15) is 4.79 Å². The van der Waals surface area contributed by atoms with Crippen LogP contribution in [0.25, 0.3) is 0 Å². The Kier molecular flexibility index (Phi) is 1.86. The molecule has 0 saturated carbocycles. The zero-order valence-corrected chi connectivity index (χ0v) is 5.90. The highest BCUT2D eigenvalue weighted by atomic mass is 16.4. The van der Waals surface area contributed by atoms with Crippen molar-refractivity contribution in [1.29, 1.82) is 0 Å². The first-order valence-electron chi connectivity index (χ1n) is 3.02. The van der Waals surface area contributed by atoms with Gasteiger partial charge in [0.05, 0.1) is 6.04 Å². The van der Waals surface area contributed by atoms with Gasteiger partial charge in [-0.25, -0.2) is 9.78 Å². The van der Waals surface area contributed by atoms with Crippen molar-refractivity contribution in [3.05, 3.63) is 11.6 Å². The summed E-state index contributed by atoms with van der Waals surface area (Å²) in [4.78, 5) is 13.9. The molecule has 11 heavy (non-hydrogen) atoms. The van der Waals surface area contributed by atoms with E-state index in [1.807, 2.05) is 0 Å². The molecule has 1 heterocycles. The lowest BCUT2D eigenvalue weighted by molar-refractivity contribution is 0.0684. The van der Waals surface area contributed by atoms with Gasteiger partial charge in [0.15, 0.2) is 0 Å². The van der Waals surface area contributed by atoms with Gasteiger partial charge in [0, 0.05) is 0 Å². The van der Waals surface area contributed by atoms with Crippen molar-refractivity contribution in [2.45, 2.75) is 13.0 Å². The third-order valence-corrected chi connectivity index (χ3v) is 1.13. The van der Waals surface area contributed by atoms with Crippen molar-refractivity contribution < 1.29 is 9.90 Å². The average molecular weight is 156 g/mol. The van der Waals surface area contributed by atoms with E-state index < -0.39 is 5.97 Å². The van der Waals surface area contributed by atoms with Crippen LogP contribution in [0, 0.1) is 0 Å². The van der Waals surface area contributed by atoms with E-state index in [-0.39, 0.29) is 11.9 Å². The Balaban J connectivity index is 2.90. The highest BCUT2D eigenvalue weighted by Crippen LogP contribution is 2.01. The van der Waals surface area contributed by atoms with Gasteiger partial charge in [0.25, 0.3) is 5.82 Å². The smallest absolute Gasteiger partial charge is 0.375 e. The van der Waals surface area contributed by atoms with E-state index in [1.54, 1.807) is 6.92 Å². The van der Waals surface area contributed by atoms with Crippen LogP contribution in [0.4, 0.5) is 0 Å². The van der Waals surface area contributed by atoms with Crippen LogP contribution in [-0.4, -0.2) is 26.3 Å². The lowest BCUT2D eigenvalue weighted by Gasteiger charge is -1.94. The van der Waals surface area contributed by atoms with E-state index in [0.717, 1.165) is 0 Å². The van der Waals surface area contributed by atoms with Crippen molar-refractivity contribution in [2.75, 3.05) is 0 Å². The molecule has 1 rings (SSSR count). The topological polar surface area (TPSA) is 105 Å². The van der Waals surface area contributed by atoms with Gasteiger partial charge in [0.2, 0.25) is 0 Å². The molecule has 0 aromatic carbocycles. The molecule has 0 bridgehead atoms. The van der Waals surface area contributed by atoms with Crippen LogP contribution in [0.5, 0.6) is 0 Å². The molecule has 1 unspecified atom stereocenters. The number of aromatic carboxylic acids is 1. The molecule has 0 spiro atoms. The normalized spacial score (nSPS) is 12.9. The standard InChI is InChI=1S/C5H8N4O2/c1-2(6)3-7-4(5(10)11)9-8-3/h2H,6H2,1H3,(H,10,11)(H,7,8,9). The molecule has 6 heteroatoms. The molecule has 0 amide bonds. The summed E-state index contributed by atoms with van der Waals surface area (Å²) < 4.78 is 0. The van der Waals surface area contributed by atoms with Crippen LogP contribution < -0.4 is 5.73 Å². The van der Waals surface area contributed by atoms with Gasteiger partial charge < -0.3 is 10.8 Å².